The SMILES string of the molecule is C=CCCOn1c(O)ccc1O. The lowest BCUT2D eigenvalue weighted by molar-refractivity contribution is 0.0785. The summed E-state index contributed by atoms with van der Waals surface area (Å²) in [6.07, 6.45) is 2.36. The van der Waals surface area contributed by atoms with Crippen LogP contribution in [0.1, 0.15) is 6.42 Å². The van der Waals surface area contributed by atoms with E-state index in [0.29, 0.717) is 13.0 Å². The van der Waals surface area contributed by atoms with Crippen LogP contribution in [0.25, 0.3) is 0 Å². The normalized spacial score (nSPS) is 9.67. The van der Waals surface area contributed by atoms with Crippen LogP contribution in [0.4, 0.5) is 0 Å². The van der Waals surface area contributed by atoms with Gasteiger partial charge in [0.25, 0.3) is 0 Å². The van der Waals surface area contributed by atoms with Crippen molar-refractivity contribution in [2.75, 3.05) is 6.61 Å². The molecule has 0 aromatic carbocycles. The first kappa shape index (κ1) is 8.52. The smallest absolute Gasteiger partial charge is 0.229 e. The van der Waals surface area contributed by atoms with Crippen LogP contribution in [0.2, 0.25) is 0 Å². The molecule has 1 heterocycles. The number of rotatable bonds is 4. The van der Waals surface area contributed by atoms with Gasteiger partial charge in [-0.25, -0.2) is 0 Å². The van der Waals surface area contributed by atoms with E-state index in [0.717, 1.165) is 4.73 Å². The van der Waals surface area contributed by atoms with Crippen molar-refractivity contribution in [1.82, 2.24) is 4.73 Å². The fourth-order valence-corrected chi connectivity index (χ4v) is 0.761. The van der Waals surface area contributed by atoms with Gasteiger partial charge in [0.15, 0.2) is 0 Å². The highest BCUT2D eigenvalue weighted by molar-refractivity contribution is 5.21. The molecule has 0 fully saturated rings. The molecule has 66 valence electrons. The lowest BCUT2D eigenvalue weighted by Gasteiger charge is -2.06. The Bertz CT molecular complexity index is 248. The molecule has 0 spiro atoms. The van der Waals surface area contributed by atoms with Crippen molar-refractivity contribution in [2.45, 2.75) is 6.42 Å². The molecule has 4 heteroatoms. The van der Waals surface area contributed by atoms with Gasteiger partial charge in [-0.1, -0.05) is 6.08 Å². The zero-order chi connectivity index (χ0) is 8.97. The minimum atomic E-state index is -0.114. The van der Waals surface area contributed by atoms with E-state index in [1.807, 2.05) is 0 Å². The fraction of sp³-hybridized carbons (Fsp3) is 0.250. The monoisotopic (exact) mass is 169 g/mol. The maximum atomic E-state index is 9.08. The highest BCUT2D eigenvalue weighted by Gasteiger charge is 2.04. The highest BCUT2D eigenvalue weighted by Crippen LogP contribution is 2.18. The first-order valence-corrected chi connectivity index (χ1v) is 3.59. The molecule has 1 aromatic heterocycles. The second-order valence-corrected chi connectivity index (χ2v) is 2.25. The fourth-order valence-electron chi connectivity index (χ4n) is 0.761. The summed E-state index contributed by atoms with van der Waals surface area (Å²) in [5, 5.41) is 18.2. The van der Waals surface area contributed by atoms with Crippen molar-refractivity contribution >= 4 is 0 Å². The van der Waals surface area contributed by atoms with Crippen LogP contribution in [0, 0.1) is 0 Å². The number of hydrogen-bond acceptors (Lipinski definition) is 3. The van der Waals surface area contributed by atoms with Gasteiger partial charge < -0.3 is 15.1 Å². The zero-order valence-electron chi connectivity index (χ0n) is 6.60. The predicted molar refractivity (Wildman–Crippen MR) is 44.0 cm³/mol. The van der Waals surface area contributed by atoms with Crippen molar-refractivity contribution in [1.29, 1.82) is 0 Å². The summed E-state index contributed by atoms with van der Waals surface area (Å²) in [6.45, 7) is 3.88. The van der Waals surface area contributed by atoms with E-state index in [-0.39, 0.29) is 11.8 Å². The topological polar surface area (TPSA) is 54.6 Å². The largest absolute Gasteiger partial charge is 0.492 e. The summed E-state index contributed by atoms with van der Waals surface area (Å²) in [7, 11) is 0. The molecule has 2 N–H and O–H groups in total. The Kier molecular flexibility index (Phi) is 2.63. The van der Waals surface area contributed by atoms with Crippen molar-refractivity contribution in [2.24, 2.45) is 0 Å². The summed E-state index contributed by atoms with van der Waals surface area (Å²) >= 11 is 0. The molecule has 0 saturated carbocycles. The van der Waals surface area contributed by atoms with E-state index in [9.17, 15) is 0 Å². The van der Waals surface area contributed by atoms with Gasteiger partial charge in [-0.3, -0.25) is 0 Å². The van der Waals surface area contributed by atoms with Crippen LogP contribution >= 0.6 is 0 Å². The van der Waals surface area contributed by atoms with E-state index in [1.54, 1.807) is 6.08 Å². The maximum Gasteiger partial charge on any atom is 0.229 e. The number of nitrogens with zero attached hydrogens (tertiary/aromatic N) is 1. The molecule has 4 nitrogen and oxygen atoms in total. The quantitative estimate of drug-likeness (QED) is 0.520. The highest BCUT2D eigenvalue weighted by atomic mass is 16.7. The van der Waals surface area contributed by atoms with E-state index in [1.165, 1.54) is 12.1 Å². The minimum absolute atomic E-state index is 0.114. The lowest BCUT2D eigenvalue weighted by atomic mass is 10.5. The Hall–Kier alpha value is -1.58. The molecule has 0 aliphatic rings. The second kappa shape index (κ2) is 3.71. The molecule has 1 aromatic rings. The summed E-state index contributed by atoms with van der Waals surface area (Å²) in [5.74, 6) is -0.229. The van der Waals surface area contributed by atoms with Gasteiger partial charge in [0, 0.05) is 18.6 Å². The van der Waals surface area contributed by atoms with E-state index >= 15 is 0 Å². The molecule has 0 atom stereocenters. The molecule has 1 rings (SSSR count). The van der Waals surface area contributed by atoms with Crippen molar-refractivity contribution in [3.05, 3.63) is 24.8 Å². The van der Waals surface area contributed by atoms with Gasteiger partial charge in [0.2, 0.25) is 11.8 Å². The average Bonchev–Trinajstić information content (AvgIpc) is 2.35. The van der Waals surface area contributed by atoms with Gasteiger partial charge in [0.05, 0.1) is 0 Å². The summed E-state index contributed by atoms with van der Waals surface area (Å²) in [4.78, 5) is 4.99. The van der Waals surface area contributed by atoms with Crippen LogP contribution in [0.3, 0.4) is 0 Å². The summed E-state index contributed by atoms with van der Waals surface area (Å²) in [6, 6.07) is 2.70. The van der Waals surface area contributed by atoms with Gasteiger partial charge >= 0.3 is 0 Å². The zero-order valence-corrected chi connectivity index (χ0v) is 6.60. The molecule has 0 saturated heterocycles. The summed E-state index contributed by atoms with van der Waals surface area (Å²) < 4.78 is 0.962. The molecule has 0 radical (unpaired) electrons. The van der Waals surface area contributed by atoms with Gasteiger partial charge in [-0.05, 0) is 0 Å². The van der Waals surface area contributed by atoms with Gasteiger partial charge in [-0.15, -0.1) is 11.3 Å². The standard InChI is InChI=1S/C8H11NO3/c1-2-3-6-12-9-7(10)4-5-8(9)11/h2,4-5,10-11H,1,3,6H2. The first-order valence-electron chi connectivity index (χ1n) is 3.59. The molecule has 12 heavy (non-hydrogen) atoms. The number of aromatic hydroxyl groups is 2. The Morgan fingerprint density at radius 2 is 2.00 bits per heavy atom. The van der Waals surface area contributed by atoms with Crippen LogP contribution in [-0.2, 0) is 0 Å². The van der Waals surface area contributed by atoms with Crippen molar-refractivity contribution in [3.63, 3.8) is 0 Å². The lowest BCUT2D eigenvalue weighted by Crippen LogP contribution is -2.10. The molecular weight excluding hydrogens is 158 g/mol. The second-order valence-electron chi connectivity index (χ2n) is 2.25. The van der Waals surface area contributed by atoms with E-state index < -0.39 is 0 Å². The molecule has 0 bridgehead atoms. The van der Waals surface area contributed by atoms with Crippen molar-refractivity contribution in [3.8, 4) is 11.8 Å². The number of aromatic nitrogens is 1. The third-order valence-corrected chi connectivity index (χ3v) is 1.34. The summed E-state index contributed by atoms with van der Waals surface area (Å²) in [5.41, 5.74) is 0. The third-order valence-electron chi connectivity index (χ3n) is 1.34. The maximum absolute atomic E-state index is 9.08. The van der Waals surface area contributed by atoms with Crippen molar-refractivity contribution < 1.29 is 15.1 Å². The van der Waals surface area contributed by atoms with Crippen LogP contribution < -0.4 is 4.84 Å². The molecule has 0 unspecified atom stereocenters. The minimum Gasteiger partial charge on any atom is -0.492 e. The van der Waals surface area contributed by atoms with Gasteiger partial charge in [-0.2, -0.15) is 0 Å². The molecule has 0 amide bonds. The Morgan fingerprint density at radius 1 is 1.42 bits per heavy atom. The molecule has 0 aliphatic heterocycles. The predicted octanol–water partition coefficient (Wildman–Crippen LogP) is 0.904. The molecular formula is C8H11NO3. The number of hydrogen-bond donors (Lipinski definition) is 2. The Morgan fingerprint density at radius 3 is 2.50 bits per heavy atom. The van der Waals surface area contributed by atoms with E-state index in [2.05, 4.69) is 6.58 Å². The van der Waals surface area contributed by atoms with Crippen LogP contribution in [-0.4, -0.2) is 21.6 Å². The first-order chi connectivity index (χ1) is 5.75. The molecule has 0 aliphatic carbocycles. The van der Waals surface area contributed by atoms with Gasteiger partial charge in [0.1, 0.15) is 6.61 Å². The average molecular weight is 169 g/mol. The third kappa shape index (κ3) is 1.72. The Balaban J connectivity index is 2.55. The Labute approximate surface area is 70.3 Å². The van der Waals surface area contributed by atoms with Crippen LogP contribution in [0.5, 0.6) is 11.8 Å². The van der Waals surface area contributed by atoms with Crippen LogP contribution in [0.15, 0.2) is 24.8 Å². The van der Waals surface area contributed by atoms with E-state index in [4.69, 9.17) is 15.1 Å².